The highest BCUT2D eigenvalue weighted by Crippen LogP contribution is 2.20. The Morgan fingerprint density at radius 1 is 1.03 bits per heavy atom. The summed E-state index contributed by atoms with van der Waals surface area (Å²) in [6.45, 7) is 8.78. The van der Waals surface area contributed by atoms with Crippen molar-refractivity contribution in [3.05, 3.63) is 70.2 Å². The van der Waals surface area contributed by atoms with Crippen molar-refractivity contribution in [3.8, 4) is 0 Å². The number of nitrogens with zero attached hydrogens (tertiary/aromatic N) is 1. The molecular formula is C24H31ClN2O2. The van der Waals surface area contributed by atoms with Gasteiger partial charge in [-0.1, -0.05) is 67.9 Å². The predicted molar refractivity (Wildman–Crippen MR) is 119 cm³/mol. The highest BCUT2D eigenvalue weighted by molar-refractivity contribution is 6.31. The molecule has 4 nitrogen and oxygen atoms in total. The smallest absolute Gasteiger partial charge is 0.242 e. The van der Waals surface area contributed by atoms with Gasteiger partial charge in [0.2, 0.25) is 11.8 Å². The van der Waals surface area contributed by atoms with E-state index in [1.54, 1.807) is 17.9 Å². The number of carbonyl (C=O) groups excluding carboxylic acids is 2. The van der Waals surface area contributed by atoms with Crippen molar-refractivity contribution in [3.63, 3.8) is 0 Å². The summed E-state index contributed by atoms with van der Waals surface area (Å²) >= 11 is 6.29. The van der Waals surface area contributed by atoms with Gasteiger partial charge in [-0.15, -0.1) is 0 Å². The Hall–Kier alpha value is -2.33. The topological polar surface area (TPSA) is 49.4 Å². The molecule has 0 heterocycles. The maximum absolute atomic E-state index is 13.1. The fourth-order valence-corrected chi connectivity index (χ4v) is 3.37. The molecule has 2 aromatic carbocycles. The minimum absolute atomic E-state index is 0.0587. The summed E-state index contributed by atoms with van der Waals surface area (Å²) < 4.78 is 0. The summed E-state index contributed by atoms with van der Waals surface area (Å²) in [6.07, 6.45) is 0.980. The van der Waals surface area contributed by atoms with Crippen LogP contribution in [0.15, 0.2) is 48.5 Å². The Labute approximate surface area is 179 Å². The first-order valence-corrected chi connectivity index (χ1v) is 10.6. The third-order valence-electron chi connectivity index (χ3n) is 5.09. The van der Waals surface area contributed by atoms with Crippen LogP contribution in [0.1, 0.15) is 56.7 Å². The Morgan fingerprint density at radius 3 is 2.28 bits per heavy atom. The highest BCUT2D eigenvalue weighted by atomic mass is 35.5. The van der Waals surface area contributed by atoms with Gasteiger partial charge in [0.25, 0.3) is 0 Å². The highest BCUT2D eigenvalue weighted by Gasteiger charge is 2.26. The van der Waals surface area contributed by atoms with Gasteiger partial charge >= 0.3 is 0 Å². The van der Waals surface area contributed by atoms with Crippen molar-refractivity contribution < 1.29 is 9.59 Å². The summed E-state index contributed by atoms with van der Waals surface area (Å²) in [6, 6.07) is 15.2. The molecule has 1 N–H and O–H groups in total. The molecule has 5 heteroatoms. The zero-order chi connectivity index (χ0) is 21.4. The van der Waals surface area contributed by atoms with Gasteiger partial charge in [-0.3, -0.25) is 9.59 Å². The lowest BCUT2D eigenvalue weighted by molar-refractivity contribution is -0.140. The Balaban J connectivity index is 2.12. The van der Waals surface area contributed by atoms with E-state index < -0.39 is 6.04 Å². The number of rotatable bonds is 9. The molecule has 29 heavy (non-hydrogen) atoms. The molecule has 0 aliphatic rings. The van der Waals surface area contributed by atoms with E-state index in [9.17, 15) is 9.59 Å². The van der Waals surface area contributed by atoms with Crippen molar-refractivity contribution in [2.24, 2.45) is 0 Å². The van der Waals surface area contributed by atoms with E-state index >= 15 is 0 Å². The van der Waals surface area contributed by atoms with E-state index in [1.807, 2.05) is 25.1 Å². The molecule has 0 bridgehead atoms. The van der Waals surface area contributed by atoms with Crippen LogP contribution in [0, 0.1) is 0 Å². The number of likely N-dealkylation sites (N-methyl/N-ethyl adjacent to an activating group) is 1. The molecule has 1 atom stereocenters. The second kappa shape index (κ2) is 11.0. The molecule has 0 saturated carbocycles. The van der Waals surface area contributed by atoms with E-state index in [0.29, 0.717) is 36.9 Å². The van der Waals surface area contributed by atoms with Crippen molar-refractivity contribution in [2.75, 3.05) is 6.54 Å². The van der Waals surface area contributed by atoms with Crippen LogP contribution in [-0.4, -0.2) is 29.3 Å². The molecular weight excluding hydrogens is 384 g/mol. The second-order valence-electron chi connectivity index (χ2n) is 7.58. The zero-order valence-electron chi connectivity index (χ0n) is 17.7. The fourth-order valence-electron chi connectivity index (χ4n) is 3.18. The number of benzene rings is 2. The monoisotopic (exact) mass is 414 g/mol. The van der Waals surface area contributed by atoms with E-state index in [-0.39, 0.29) is 11.8 Å². The molecule has 156 valence electrons. The summed E-state index contributed by atoms with van der Waals surface area (Å²) in [5, 5.41) is 3.40. The summed E-state index contributed by atoms with van der Waals surface area (Å²) in [4.78, 5) is 27.1. The van der Waals surface area contributed by atoms with Crippen LogP contribution < -0.4 is 5.32 Å². The lowest BCUT2D eigenvalue weighted by atomic mass is 10.00. The number of hydrogen-bond acceptors (Lipinski definition) is 2. The number of carbonyl (C=O) groups is 2. The first-order valence-electron chi connectivity index (χ1n) is 10.2. The average Bonchev–Trinajstić information content (AvgIpc) is 2.71. The molecule has 0 aliphatic heterocycles. The van der Waals surface area contributed by atoms with E-state index in [1.165, 1.54) is 5.56 Å². The molecule has 0 radical (unpaired) electrons. The third-order valence-corrected chi connectivity index (χ3v) is 5.46. The van der Waals surface area contributed by atoms with Gasteiger partial charge in [-0.2, -0.15) is 0 Å². The summed E-state index contributed by atoms with van der Waals surface area (Å²) in [7, 11) is 0. The second-order valence-corrected chi connectivity index (χ2v) is 7.99. The Kier molecular flexibility index (Phi) is 8.71. The minimum atomic E-state index is -0.568. The van der Waals surface area contributed by atoms with Crippen LogP contribution in [0.2, 0.25) is 5.02 Å². The molecule has 0 fully saturated rings. The SMILES string of the molecule is CCNC(=O)C(C)N(Cc1ccccc1Cl)C(=O)CCc1ccc(C(C)C)cc1. The lowest BCUT2D eigenvalue weighted by Crippen LogP contribution is -2.47. The van der Waals surface area contributed by atoms with Gasteiger partial charge in [0, 0.05) is 24.5 Å². The quantitative estimate of drug-likeness (QED) is 0.631. The van der Waals surface area contributed by atoms with E-state index in [0.717, 1.165) is 11.1 Å². The molecule has 0 aliphatic carbocycles. The fraction of sp³-hybridized carbons (Fsp3) is 0.417. The first kappa shape index (κ1) is 23.0. The summed E-state index contributed by atoms with van der Waals surface area (Å²) in [5.41, 5.74) is 3.23. The molecule has 0 spiro atoms. The minimum Gasteiger partial charge on any atom is -0.355 e. The molecule has 2 aromatic rings. The number of aryl methyl sites for hydroxylation is 1. The molecule has 1 unspecified atom stereocenters. The van der Waals surface area contributed by atoms with Crippen LogP contribution in [0.5, 0.6) is 0 Å². The zero-order valence-corrected chi connectivity index (χ0v) is 18.5. The van der Waals surface area contributed by atoms with Gasteiger partial charge in [0.05, 0.1) is 0 Å². The summed E-state index contributed by atoms with van der Waals surface area (Å²) in [5.74, 6) is 0.264. The molecule has 0 saturated heterocycles. The van der Waals surface area contributed by atoms with Gasteiger partial charge in [0.1, 0.15) is 6.04 Å². The van der Waals surface area contributed by atoms with Crippen LogP contribution in [0.4, 0.5) is 0 Å². The predicted octanol–water partition coefficient (Wildman–Crippen LogP) is 4.95. The van der Waals surface area contributed by atoms with Crippen molar-refractivity contribution in [1.29, 1.82) is 0 Å². The third kappa shape index (κ3) is 6.60. The van der Waals surface area contributed by atoms with Crippen LogP contribution in [-0.2, 0) is 22.6 Å². The number of halogens is 1. The standard InChI is InChI=1S/C24H31ClN2O2/c1-5-26-24(29)18(4)27(16-21-8-6-7-9-22(21)25)23(28)15-12-19-10-13-20(14-11-19)17(2)3/h6-11,13-14,17-18H,5,12,15-16H2,1-4H3,(H,26,29). The number of amides is 2. The van der Waals surface area contributed by atoms with Crippen LogP contribution in [0.3, 0.4) is 0 Å². The van der Waals surface area contributed by atoms with Gasteiger partial charge in [0.15, 0.2) is 0 Å². The van der Waals surface area contributed by atoms with E-state index in [2.05, 4.69) is 43.4 Å². The Morgan fingerprint density at radius 2 is 1.69 bits per heavy atom. The normalized spacial score (nSPS) is 11.9. The van der Waals surface area contributed by atoms with Crippen molar-refractivity contribution in [1.82, 2.24) is 10.2 Å². The van der Waals surface area contributed by atoms with Gasteiger partial charge in [-0.05, 0) is 48.9 Å². The lowest BCUT2D eigenvalue weighted by Gasteiger charge is -2.29. The molecule has 0 aromatic heterocycles. The molecule has 2 amide bonds. The van der Waals surface area contributed by atoms with Crippen molar-refractivity contribution in [2.45, 2.75) is 59.0 Å². The van der Waals surface area contributed by atoms with Crippen LogP contribution in [0.25, 0.3) is 0 Å². The van der Waals surface area contributed by atoms with Gasteiger partial charge in [-0.25, -0.2) is 0 Å². The van der Waals surface area contributed by atoms with Gasteiger partial charge < -0.3 is 10.2 Å². The first-order chi connectivity index (χ1) is 13.8. The maximum Gasteiger partial charge on any atom is 0.242 e. The number of hydrogen-bond donors (Lipinski definition) is 1. The Bertz CT molecular complexity index is 818. The van der Waals surface area contributed by atoms with Crippen molar-refractivity contribution >= 4 is 23.4 Å². The number of nitrogens with one attached hydrogen (secondary N) is 1. The van der Waals surface area contributed by atoms with E-state index in [4.69, 9.17) is 11.6 Å². The molecule has 2 rings (SSSR count). The average molecular weight is 415 g/mol. The van der Waals surface area contributed by atoms with Crippen LogP contribution >= 0.6 is 11.6 Å². The largest absolute Gasteiger partial charge is 0.355 e. The maximum atomic E-state index is 13.1.